The lowest BCUT2D eigenvalue weighted by molar-refractivity contribution is -0.137. The molecule has 1 fully saturated rings. The molecule has 2 aliphatic heterocycles. The van der Waals surface area contributed by atoms with Crippen molar-refractivity contribution in [3.05, 3.63) is 95.2 Å². The minimum absolute atomic E-state index is 0.0656. The highest BCUT2D eigenvalue weighted by atomic mass is 19.4. The van der Waals surface area contributed by atoms with Crippen molar-refractivity contribution >= 4 is 28.2 Å². The van der Waals surface area contributed by atoms with E-state index in [0.29, 0.717) is 37.4 Å². The van der Waals surface area contributed by atoms with Crippen LogP contribution in [0.2, 0.25) is 0 Å². The number of rotatable bonds is 6. The van der Waals surface area contributed by atoms with E-state index in [1.165, 1.54) is 11.0 Å². The van der Waals surface area contributed by atoms with Crippen molar-refractivity contribution in [2.24, 2.45) is 0 Å². The summed E-state index contributed by atoms with van der Waals surface area (Å²) in [6, 6.07) is 18.7. The van der Waals surface area contributed by atoms with E-state index >= 15 is 0 Å². The van der Waals surface area contributed by atoms with Gasteiger partial charge in [-0.3, -0.25) is 9.78 Å². The summed E-state index contributed by atoms with van der Waals surface area (Å²) >= 11 is 0. The fourth-order valence-electron chi connectivity index (χ4n) is 4.99. The number of halogens is 3. The number of para-hydroxylation sites is 1. The van der Waals surface area contributed by atoms with Crippen molar-refractivity contribution in [3.63, 3.8) is 0 Å². The SMILES string of the molecule is O=C1c2c(cccc2NCc2cccc3cccnc23)CN1c1cc(OC2CCOC2)cc(C(F)(F)F)c1. The average Bonchev–Trinajstić information content (AvgIpc) is 3.54. The molecule has 3 aromatic carbocycles. The lowest BCUT2D eigenvalue weighted by Gasteiger charge is -2.21. The summed E-state index contributed by atoms with van der Waals surface area (Å²) in [6.45, 7) is 1.41. The van der Waals surface area contributed by atoms with Crippen LogP contribution in [0.5, 0.6) is 5.75 Å². The number of ether oxygens (including phenoxy) is 2. The summed E-state index contributed by atoms with van der Waals surface area (Å²) < 4.78 is 52.3. The largest absolute Gasteiger partial charge is 0.488 e. The Kier molecular flexibility index (Phi) is 6.15. The molecule has 0 radical (unpaired) electrons. The Morgan fingerprint density at radius 3 is 2.74 bits per heavy atom. The molecular formula is C29H24F3N3O3. The fraction of sp³-hybridized carbons (Fsp3) is 0.241. The topological polar surface area (TPSA) is 63.7 Å². The second-order valence-electron chi connectivity index (χ2n) is 9.39. The van der Waals surface area contributed by atoms with E-state index in [1.807, 2.05) is 42.5 Å². The Labute approximate surface area is 217 Å². The maximum atomic E-state index is 13.7. The van der Waals surface area contributed by atoms with Crippen LogP contribution in [0, 0.1) is 0 Å². The van der Waals surface area contributed by atoms with Gasteiger partial charge in [0, 0.05) is 42.0 Å². The second kappa shape index (κ2) is 9.64. The van der Waals surface area contributed by atoms with Gasteiger partial charge in [0.1, 0.15) is 11.9 Å². The van der Waals surface area contributed by atoms with Crippen molar-refractivity contribution in [3.8, 4) is 5.75 Å². The minimum Gasteiger partial charge on any atom is -0.488 e. The molecule has 194 valence electrons. The lowest BCUT2D eigenvalue weighted by Crippen LogP contribution is -2.24. The molecular weight excluding hydrogens is 495 g/mol. The van der Waals surface area contributed by atoms with Gasteiger partial charge in [-0.15, -0.1) is 0 Å². The quantitative estimate of drug-likeness (QED) is 0.329. The van der Waals surface area contributed by atoms with E-state index in [4.69, 9.17) is 9.47 Å². The van der Waals surface area contributed by atoms with Gasteiger partial charge in [-0.2, -0.15) is 13.2 Å². The van der Waals surface area contributed by atoms with Crippen LogP contribution in [0.15, 0.2) is 72.9 Å². The smallest absolute Gasteiger partial charge is 0.416 e. The Hall–Kier alpha value is -4.11. The third-order valence-electron chi connectivity index (χ3n) is 6.84. The van der Waals surface area contributed by atoms with Crippen LogP contribution in [0.3, 0.4) is 0 Å². The first-order chi connectivity index (χ1) is 18.4. The maximum absolute atomic E-state index is 13.7. The number of amides is 1. The second-order valence-corrected chi connectivity index (χ2v) is 9.39. The third-order valence-corrected chi connectivity index (χ3v) is 6.84. The Morgan fingerprint density at radius 2 is 1.92 bits per heavy atom. The number of nitrogens with one attached hydrogen (secondary N) is 1. The standard InChI is InChI=1S/C29H24F3N3O3/c30-29(31,32)21-12-22(14-24(13-21)38-23-9-11-37-17-23)35-16-20-6-2-8-25(26(20)28(35)36)34-15-19-5-1-4-18-7-3-10-33-27(18)19/h1-8,10,12-14,23,34H,9,11,15-17H2. The molecule has 0 spiro atoms. The Morgan fingerprint density at radius 1 is 1.08 bits per heavy atom. The normalized spacial score (nSPS) is 17.2. The number of aromatic nitrogens is 1. The van der Waals surface area contributed by atoms with Gasteiger partial charge in [-0.25, -0.2) is 0 Å². The summed E-state index contributed by atoms with van der Waals surface area (Å²) in [4.78, 5) is 19.4. The van der Waals surface area contributed by atoms with E-state index < -0.39 is 11.7 Å². The molecule has 2 aliphatic rings. The summed E-state index contributed by atoms with van der Waals surface area (Å²) in [7, 11) is 0. The zero-order valence-electron chi connectivity index (χ0n) is 20.3. The molecule has 0 bridgehead atoms. The van der Waals surface area contributed by atoms with Crippen LogP contribution < -0.4 is 15.0 Å². The van der Waals surface area contributed by atoms with E-state index in [0.717, 1.165) is 34.2 Å². The van der Waals surface area contributed by atoms with Crippen LogP contribution in [-0.2, 0) is 24.0 Å². The number of alkyl halides is 3. The fourth-order valence-corrected chi connectivity index (χ4v) is 4.99. The molecule has 3 heterocycles. The summed E-state index contributed by atoms with van der Waals surface area (Å²) in [5.41, 5.74) is 2.92. The maximum Gasteiger partial charge on any atom is 0.416 e. The van der Waals surface area contributed by atoms with Crippen LogP contribution >= 0.6 is 0 Å². The minimum atomic E-state index is -4.59. The molecule has 0 saturated carbocycles. The monoisotopic (exact) mass is 519 g/mol. The van der Waals surface area contributed by atoms with Gasteiger partial charge >= 0.3 is 6.18 Å². The number of anilines is 2. The first-order valence-electron chi connectivity index (χ1n) is 12.3. The molecule has 1 N–H and O–H groups in total. The third kappa shape index (κ3) is 4.65. The van der Waals surface area contributed by atoms with Gasteiger partial charge in [0.2, 0.25) is 0 Å². The van der Waals surface area contributed by atoms with Gasteiger partial charge in [0.15, 0.2) is 0 Å². The Balaban J connectivity index is 1.29. The average molecular weight is 520 g/mol. The van der Waals surface area contributed by atoms with E-state index in [-0.39, 0.29) is 30.0 Å². The predicted molar refractivity (Wildman–Crippen MR) is 137 cm³/mol. The number of carbonyl (C=O) groups excluding carboxylic acids is 1. The molecule has 1 unspecified atom stereocenters. The van der Waals surface area contributed by atoms with Gasteiger partial charge in [-0.1, -0.05) is 36.4 Å². The van der Waals surface area contributed by atoms with E-state index in [2.05, 4.69) is 10.3 Å². The summed E-state index contributed by atoms with van der Waals surface area (Å²) in [5.74, 6) is -0.301. The molecule has 6 nitrogen and oxygen atoms in total. The number of hydrogen-bond acceptors (Lipinski definition) is 5. The highest BCUT2D eigenvalue weighted by Crippen LogP contribution is 2.39. The zero-order valence-corrected chi connectivity index (χ0v) is 20.3. The zero-order chi connectivity index (χ0) is 26.3. The molecule has 6 rings (SSSR count). The van der Waals surface area contributed by atoms with Crippen LogP contribution in [0.4, 0.5) is 24.5 Å². The number of benzene rings is 3. The number of nitrogens with zero attached hydrogens (tertiary/aromatic N) is 2. The van der Waals surface area contributed by atoms with Crippen molar-refractivity contribution in [1.29, 1.82) is 0 Å². The lowest BCUT2D eigenvalue weighted by atomic mass is 10.1. The van der Waals surface area contributed by atoms with Gasteiger partial charge in [0.05, 0.1) is 36.4 Å². The van der Waals surface area contributed by atoms with Crippen LogP contribution in [0.25, 0.3) is 10.9 Å². The van der Waals surface area contributed by atoms with E-state index in [1.54, 1.807) is 12.3 Å². The van der Waals surface area contributed by atoms with E-state index in [9.17, 15) is 18.0 Å². The number of hydrogen-bond donors (Lipinski definition) is 1. The molecule has 38 heavy (non-hydrogen) atoms. The summed E-state index contributed by atoms with van der Waals surface area (Å²) in [5, 5.41) is 4.36. The molecule has 9 heteroatoms. The highest BCUT2D eigenvalue weighted by Gasteiger charge is 2.36. The van der Waals surface area contributed by atoms with Gasteiger partial charge in [-0.05, 0) is 35.4 Å². The molecule has 1 aromatic heterocycles. The number of carbonyl (C=O) groups is 1. The van der Waals surface area contributed by atoms with Gasteiger partial charge < -0.3 is 19.7 Å². The van der Waals surface area contributed by atoms with Crippen molar-refractivity contribution in [1.82, 2.24) is 4.98 Å². The molecule has 1 saturated heterocycles. The van der Waals surface area contributed by atoms with Crippen LogP contribution in [-0.4, -0.2) is 30.2 Å². The molecule has 1 amide bonds. The van der Waals surface area contributed by atoms with Crippen LogP contribution in [0.1, 0.15) is 33.5 Å². The first kappa shape index (κ1) is 24.2. The summed E-state index contributed by atoms with van der Waals surface area (Å²) in [6.07, 6.45) is -2.58. The predicted octanol–water partition coefficient (Wildman–Crippen LogP) is 6.19. The van der Waals surface area contributed by atoms with Crippen molar-refractivity contribution in [2.75, 3.05) is 23.4 Å². The first-order valence-corrected chi connectivity index (χ1v) is 12.3. The Bertz CT molecular complexity index is 1510. The molecule has 4 aromatic rings. The molecule has 1 atom stereocenters. The van der Waals surface area contributed by atoms with Crippen molar-refractivity contribution in [2.45, 2.75) is 31.8 Å². The highest BCUT2D eigenvalue weighted by molar-refractivity contribution is 6.13. The molecule has 0 aliphatic carbocycles. The van der Waals surface area contributed by atoms with Crippen molar-refractivity contribution < 1.29 is 27.4 Å². The number of pyridine rings is 1. The van der Waals surface area contributed by atoms with Gasteiger partial charge in [0.25, 0.3) is 5.91 Å². The number of fused-ring (bicyclic) bond motifs is 2.